The lowest BCUT2D eigenvalue weighted by Crippen LogP contribution is -1.73. The van der Waals surface area contributed by atoms with Crippen LogP contribution in [-0.4, -0.2) is 0 Å². The van der Waals surface area contributed by atoms with Crippen LogP contribution < -0.4 is 0 Å². The van der Waals surface area contributed by atoms with Crippen LogP contribution in [0.2, 0.25) is 0 Å². The Hall–Kier alpha value is 0.740. The first-order valence-corrected chi connectivity index (χ1v) is 6.44. The lowest BCUT2D eigenvalue weighted by molar-refractivity contribution is 1.63. The van der Waals surface area contributed by atoms with Gasteiger partial charge >= 0.3 is 0 Å². The number of rotatable bonds is 0. The van der Waals surface area contributed by atoms with Gasteiger partial charge in [-0.05, 0) is 44.6 Å². The van der Waals surface area contributed by atoms with Crippen LogP contribution in [0.15, 0.2) is 26.9 Å². The lowest BCUT2D eigenvalue weighted by Gasteiger charge is -1.97. The highest BCUT2D eigenvalue weighted by Crippen LogP contribution is 2.35. The van der Waals surface area contributed by atoms with Crippen molar-refractivity contribution >= 4 is 72.6 Å². The van der Waals surface area contributed by atoms with Gasteiger partial charge in [-0.1, -0.05) is 6.07 Å². The van der Waals surface area contributed by atoms with Crippen LogP contribution in [0.1, 0.15) is 0 Å². The van der Waals surface area contributed by atoms with E-state index in [9.17, 15) is 0 Å². The second kappa shape index (κ2) is 3.48. The maximum absolute atomic E-state index is 4.37. The van der Waals surface area contributed by atoms with E-state index < -0.39 is 0 Å². The zero-order valence-electron chi connectivity index (χ0n) is 5.84. The Balaban J connectivity index is 2.93. The van der Waals surface area contributed by atoms with Gasteiger partial charge < -0.3 is 0 Å². The Labute approximate surface area is 102 Å². The highest BCUT2D eigenvalue weighted by molar-refractivity contribution is 14.1. The standard InChI is InChI=1S/C8H4BrIS2/c9-5-2-1-4-6(11)3-12-8(4)7(5)10/h1-3,11H. The minimum atomic E-state index is 1.07. The van der Waals surface area contributed by atoms with E-state index in [1.807, 2.05) is 0 Å². The first-order valence-electron chi connectivity index (χ1n) is 3.24. The summed E-state index contributed by atoms with van der Waals surface area (Å²) in [4.78, 5) is 1.07. The molecule has 0 saturated heterocycles. The summed E-state index contributed by atoms with van der Waals surface area (Å²) in [5, 5.41) is 3.32. The number of benzene rings is 1. The molecule has 0 aliphatic rings. The van der Waals surface area contributed by atoms with E-state index >= 15 is 0 Å². The topological polar surface area (TPSA) is 0 Å². The van der Waals surface area contributed by atoms with Crippen LogP contribution in [0.4, 0.5) is 0 Å². The third-order valence-electron chi connectivity index (χ3n) is 1.61. The molecule has 1 aromatic carbocycles. The minimum Gasteiger partial charge on any atom is -0.142 e. The predicted octanol–water partition coefficient (Wildman–Crippen LogP) is 4.56. The van der Waals surface area contributed by atoms with Gasteiger partial charge in [0.05, 0.1) is 0 Å². The fraction of sp³-hybridized carbons (Fsp3) is 0. The molecule has 2 rings (SSSR count). The second-order valence-electron chi connectivity index (χ2n) is 2.36. The molecule has 2 aromatic rings. The lowest BCUT2D eigenvalue weighted by atomic mass is 10.3. The Morgan fingerprint density at radius 1 is 1.42 bits per heavy atom. The maximum atomic E-state index is 4.37. The molecule has 0 atom stereocenters. The molecule has 0 radical (unpaired) electrons. The maximum Gasteiger partial charge on any atom is 0.0499 e. The molecule has 0 nitrogen and oxygen atoms in total. The molecule has 0 N–H and O–H groups in total. The molecule has 4 heteroatoms. The largest absolute Gasteiger partial charge is 0.142 e. The third kappa shape index (κ3) is 1.42. The Kier molecular flexibility index (Phi) is 2.69. The van der Waals surface area contributed by atoms with Gasteiger partial charge in [0, 0.05) is 28.4 Å². The monoisotopic (exact) mass is 370 g/mol. The molecule has 1 aromatic heterocycles. The molecule has 12 heavy (non-hydrogen) atoms. The quantitative estimate of drug-likeness (QED) is 0.510. The molecule has 0 bridgehead atoms. The molecule has 62 valence electrons. The number of fused-ring (bicyclic) bond motifs is 1. The zero-order valence-corrected chi connectivity index (χ0v) is 11.3. The van der Waals surface area contributed by atoms with Gasteiger partial charge in [0.25, 0.3) is 0 Å². The average Bonchev–Trinajstić information content (AvgIpc) is 2.41. The van der Waals surface area contributed by atoms with E-state index in [1.54, 1.807) is 11.3 Å². The Morgan fingerprint density at radius 3 is 2.92 bits per heavy atom. The molecule has 0 amide bonds. The van der Waals surface area contributed by atoms with Gasteiger partial charge in [0.1, 0.15) is 0 Å². The number of halogens is 2. The van der Waals surface area contributed by atoms with Gasteiger partial charge in [-0.25, -0.2) is 0 Å². The summed E-state index contributed by atoms with van der Waals surface area (Å²) in [7, 11) is 0. The second-order valence-corrected chi connectivity index (χ2v) is 5.65. The summed E-state index contributed by atoms with van der Waals surface area (Å²) >= 11 is 12.0. The smallest absolute Gasteiger partial charge is 0.0499 e. The van der Waals surface area contributed by atoms with Crippen LogP contribution in [0.25, 0.3) is 10.1 Å². The highest BCUT2D eigenvalue weighted by Gasteiger charge is 2.06. The number of hydrogen-bond acceptors (Lipinski definition) is 2. The molecular formula is C8H4BrIS2. The van der Waals surface area contributed by atoms with Gasteiger partial charge in [0.15, 0.2) is 0 Å². The average molecular weight is 371 g/mol. The Morgan fingerprint density at radius 2 is 2.17 bits per heavy atom. The van der Waals surface area contributed by atoms with Crippen molar-refractivity contribution in [3.05, 3.63) is 25.6 Å². The van der Waals surface area contributed by atoms with Crippen molar-refractivity contribution in [2.75, 3.05) is 0 Å². The van der Waals surface area contributed by atoms with Crippen molar-refractivity contribution in [1.29, 1.82) is 0 Å². The van der Waals surface area contributed by atoms with Crippen LogP contribution in [0, 0.1) is 3.57 Å². The van der Waals surface area contributed by atoms with Crippen molar-refractivity contribution in [3.8, 4) is 0 Å². The van der Waals surface area contributed by atoms with E-state index in [0.717, 1.165) is 9.37 Å². The highest BCUT2D eigenvalue weighted by atomic mass is 127. The first kappa shape index (κ1) is 9.30. The summed E-state index contributed by atoms with van der Waals surface area (Å²) in [6.45, 7) is 0. The van der Waals surface area contributed by atoms with Gasteiger partial charge in [-0.3, -0.25) is 0 Å². The van der Waals surface area contributed by atoms with E-state index in [1.165, 1.54) is 13.7 Å². The third-order valence-corrected chi connectivity index (χ3v) is 6.06. The van der Waals surface area contributed by atoms with E-state index in [4.69, 9.17) is 0 Å². The zero-order chi connectivity index (χ0) is 8.72. The fourth-order valence-corrected chi connectivity index (χ4v) is 3.64. The summed E-state index contributed by atoms with van der Waals surface area (Å²) in [5.74, 6) is 0. The SMILES string of the molecule is Sc1csc2c(I)c(Br)ccc12. The van der Waals surface area contributed by atoms with E-state index in [0.29, 0.717) is 0 Å². The first-order chi connectivity index (χ1) is 5.70. The summed E-state index contributed by atoms with van der Waals surface area (Å²) in [6, 6.07) is 4.16. The predicted molar refractivity (Wildman–Crippen MR) is 69.5 cm³/mol. The molecule has 0 fully saturated rings. The molecule has 0 spiro atoms. The molecule has 0 aliphatic carbocycles. The van der Waals surface area contributed by atoms with Gasteiger partial charge in [-0.15, -0.1) is 24.0 Å². The minimum absolute atomic E-state index is 1.07. The van der Waals surface area contributed by atoms with Gasteiger partial charge in [0.2, 0.25) is 0 Å². The molecule has 0 aliphatic heterocycles. The normalized spacial score (nSPS) is 10.9. The molecule has 1 heterocycles. The number of thiol groups is 1. The van der Waals surface area contributed by atoms with Crippen molar-refractivity contribution < 1.29 is 0 Å². The van der Waals surface area contributed by atoms with Crippen LogP contribution in [-0.2, 0) is 0 Å². The van der Waals surface area contributed by atoms with Crippen LogP contribution >= 0.6 is 62.5 Å². The van der Waals surface area contributed by atoms with Crippen molar-refractivity contribution in [2.24, 2.45) is 0 Å². The summed E-state index contributed by atoms with van der Waals surface area (Å²) < 4.78 is 3.75. The van der Waals surface area contributed by atoms with E-state index in [2.05, 4.69) is 68.7 Å². The number of thiophene rings is 1. The molecule has 0 unspecified atom stereocenters. The fourth-order valence-electron chi connectivity index (χ4n) is 1.03. The summed E-state index contributed by atoms with van der Waals surface area (Å²) in [6.07, 6.45) is 0. The van der Waals surface area contributed by atoms with Crippen molar-refractivity contribution in [1.82, 2.24) is 0 Å². The van der Waals surface area contributed by atoms with Crippen LogP contribution in [0.3, 0.4) is 0 Å². The van der Waals surface area contributed by atoms with E-state index in [-0.39, 0.29) is 0 Å². The van der Waals surface area contributed by atoms with Gasteiger partial charge in [-0.2, -0.15) is 0 Å². The van der Waals surface area contributed by atoms with Crippen molar-refractivity contribution in [3.63, 3.8) is 0 Å². The van der Waals surface area contributed by atoms with Crippen LogP contribution in [0.5, 0.6) is 0 Å². The van der Waals surface area contributed by atoms with Crippen molar-refractivity contribution in [2.45, 2.75) is 4.90 Å². The number of hydrogen-bond donors (Lipinski definition) is 1. The molecular weight excluding hydrogens is 367 g/mol. The summed E-state index contributed by atoms with van der Waals surface area (Å²) in [5.41, 5.74) is 0. The molecule has 0 saturated carbocycles. The Bertz CT molecular complexity index is 436.